The van der Waals surface area contributed by atoms with Gasteiger partial charge in [-0.2, -0.15) is 0 Å². The van der Waals surface area contributed by atoms with Gasteiger partial charge in [-0.15, -0.1) is 0 Å². The van der Waals surface area contributed by atoms with Gasteiger partial charge in [0.15, 0.2) is 0 Å². The molecular formula is C19H18FN3O. The molecule has 5 heteroatoms. The van der Waals surface area contributed by atoms with Gasteiger partial charge in [0.1, 0.15) is 5.82 Å². The molecule has 0 amide bonds. The van der Waals surface area contributed by atoms with Gasteiger partial charge >= 0.3 is 0 Å². The fourth-order valence-electron chi connectivity index (χ4n) is 2.60. The van der Waals surface area contributed by atoms with E-state index in [1.54, 1.807) is 19.1 Å². The number of nitrogens with one attached hydrogen (secondary N) is 2. The first-order valence-electron chi connectivity index (χ1n) is 7.65. The van der Waals surface area contributed by atoms with E-state index in [1.807, 2.05) is 32.0 Å². The maximum Gasteiger partial charge on any atom is 0.260 e. The van der Waals surface area contributed by atoms with Crippen molar-refractivity contribution in [3.8, 4) is 11.1 Å². The zero-order valence-electron chi connectivity index (χ0n) is 13.8. The maximum atomic E-state index is 13.1. The smallest absolute Gasteiger partial charge is 0.260 e. The number of aromatic nitrogens is 2. The first-order valence-corrected chi connectivity index (χ1v) is 7.65. The Morgan fingerprint density at radius 2 is 1.75 bits per heavy atom. The van der Waals surface area contributed by atoms with Gasteiger partial charge < -0.3 is 5.32 Å². The van der Waals surface area contributed by atoms with Crippen molar-refractivity contribution in [1.82, 2.24) is 9.97 Å². The van der Waals surface area contributed by atoms with Gasteiger partial charge in [-0.05, 0) is 55.7 Å². The number of nitrogens with zero attached hydrogens (tertiary/aromatic N) is 1. The molecule has 0 saturated heterocycles. The molecule has 0 unspecified atom stereocenters. The Kier molecular flexibility index (Phi) is 4.16. The average Bonchev–Trinajstić information content (AvgIpc) is 2.52. The van der Waals surface area contributed by atoms with Crippen LogP contribution < -0.4 is 10.9 Å². The first kappa shape index (κ1) is 15.9. The molecule has 0 bridgehead atoms. The summed E-state index contributed by atoms with van der Waals surface area (Å²) in [5, 5.41) is 3.16. The minimum atomic E-state index is -0.339. The Labute approximate surface area is 139 Å². The molecule has 1 heterocycles. The molecule has 0 aliphatic heterocycles. The summed E-state index contributed by atoms with van der Waals surface area (Å²) in [6, 6.07) is 11.8. The number of benzene rings is 2. The van der Waals surface area contributed by atoms with E-state index in [2.05, 4.69) is 15.3 Å². The SMILES string of the molecule is Cc1ccc(C)c(Nc2nc(C)c(-c3ccc(F)cc3)c(=O)[nH]2)c1. The minimum absolute atomic E-state index is 0.262. The highest BCUT2D eigenvalue weighted by molar-refractivity contribution is 5.66. The molecule has 0 aliphatic rings. The predicted octanol–water partition coefficient (Wildman–Crippen LogP) is 4.24. The Hall–Kier alpha value is -2.95. The molecule has 0 spiro atoms. The molecule has 2 N–H and O–H groups in total. The summed E-state index contributed by atoms with van der Waals surface area (Å²) in [5.74, 6) is 0.0473. The second-order valence-electron chi connectivity index (χ2n) is 5.83. The number of rotatable bonds is 3. The zero-order valence-corrected chi connectivity index (χ0v) is 13.8. The van der Waals surface area contributed by atoms with Crippen LogP contribution in [0.1, 0.15) is 16.8 Å². The highest BCUT2D eigenvalue weighted by Crippen LogP contribution is 2.22. The lowest BCUT2D eigenvalue weighted by molar-refractivity contribution is 0.628. The van der Waals surface area contributed by atoms with Crippen LogP contribution in [0.2, 0.25) is 0 Å². The largest absolute Gasteiger partial charge is 0.325 e. The lowest BCUT2D eigenvalue weighted by Gasteiger charge is -2.12. The fourth-order valence-corrected chi connectivity index (χ4v) is 2.60. The number of anilines is 2. The second kappa shape index (κ2) is 6.28. The highest BCUT2D eigenvalue weighted by atomic mass is 19.1. The van der Waals surface area contributed by atoms with Crippen molar-refractivity contribution in [2.45, 2.75) is 20.8 Å². The van der Waals surface area contributed by atoms with Crippen LogP contribution in [0.4, 0.5) is 16.0 Å². The van der Waals surface area contributed by atoms with Crippen molar-refractivity contribution in [2.24, 2.45) is 0 Å². The standard InChI is InChI=1S/C19H18FN3O/c1-11-4-5-12(2)16(10-11)22-19-21-13(3)17(18(24)23-19)14-6-8-15(20)9-7-14/h4-10H,1-3H3,(H2,21,22,23,24). The van der Waals surface area contributed by atoms with Crippen molar-refractivity contribution in [2.75, 3.05) is 5.32 Å². The summed E-state index contributed by atoms with van der Waals surface area (Å²) >= 11 is 0. The van der Waals surface area contributed by atoms with Crippen molar-refractivity contribution in [3.05, 3.63) is 75.5 Å². The second-order valence-corrected chi connectivity index (χ2v) is 5.83. The summed E-state index contributed by atoms with van der Waals surface area (Å²) in [7, 11) is 0. The lowest BCUT2D eigenvalue weighted by atomic mass is 10.1. The van der Waals surface area contributed by atoms with E-state index >= 15 is 0 Å². The summed E-state index contributed by atoms with van der Waals surface area (Å²) in [6.45, 7) is 5.76. The van der Waals surface area contributed by atoms with Crippen LogP contribution in [0.15, 0.2) is 47.3 Å². The van der Waals surface area contributed by atoms with E-state index in [9.17, 15) is 9.18 Å². The van der Waals surface area contributed by atoms with Crippen LogP contribution >= 0.6 is 0 Å². The third kappa shape index (κ3) is 3.20. The molecule has 3 aromatic rings. The predicted molar refractivity (Wildman–Crippen MR) is 94.2 cm³/mol. The number of aromatic amines is 1. The monoisotopic (exact) mass is 323 g/mol. The van der Waals surface area contributed by atoms with E-state index in [4.69, 9.17) is 0 Å². The van der Waals surface area contributed by atoms with Gasteiger partial charge in [0.2, 0.25) is 5.95 Å². The molecule has 0 aliphatic carbocycles. The van der Waals surface area contributed by atoms with E-state index in [1.165, 1.54) is 12.1 Å². The number of hydrogen-bond acceptors (Lipinski definition) is 3. The van der Waals surface area contributed by atoms with Gasteiger partial charge in [0.25, 0.3) is 5.56 Å². The third-order valence-electron chi connectivity index (χ3n) is 3.88. The number of halogens is 1. The Morgan fingerprint density at radius 1 is 1.04 bits per heavy atom. The van der Waals surface area contributed by atoms with Crippen LogP contribution in [-0.4, -0.2) is 9.97 Å². The van der Waals surface area contributed by atoms with E-state index in [0.29, 0.717) is 22.8 Å². The zero-order chi connectivity index (χ0) is 17.3. The molecule has 0 saturated carbocycles. The Morgan fingerprint density at radius 3 is 2.42 bits per heavy atom. The normalized spacial score (nSPS) is 10.7. The van der Waals surface area contributed by atoms with Crippen molar-refractivity contribution in [3.63, 3.8) is 0 Å². The van der Waals surface area contributed by atoms with E-state index in [0.717, 1.165) is 16.8 Å². The van der Waals surface area contributed by atoms with Gasteiger partial charge in [-0.1, -0.05) is 24.3 Å². The number of hydrogen-bond donors (Lipinski definition) is 2. The molecule has 24 heavy (non-hydrogen) atoms. The summed E-state index contributed by atoms with van der Waals surface area (Å²) < 4.78 is 13.1. The fraction of sp³-hybridized carbons (Fsp3) is 0.158. The Bertz CT molecular complexity index is 946. The lowest BCUT2D eigenvalue weighted by Crippen LogP contribution is -2.15. The third-order valence-corrected chi connectivity index (χ3v) is 3.88. The molecule has 0 radical (unpaired) electrons. The molecule has 0 atom stereocenters. The molecule has 1 aromatic heterocycles. The van der Waals surface area contributed by atoms with Crippen molar-refractivity contribution in [1.29, 1.82) is 0 Å². The van der Waals surface area contributed by atoms with E-state index in [-0.39, 0.29) is 11.4 Å². The number of aryl methyl sites for hydroxylation is 3. The van der Waals surface area contributed by atoms with Crippen LogP contribution in [0.3, 0.4) is 0 Å². The molecule has 3 rings (SSSR count). The van der Waals surface area contributed by atoms with Gasteiger partial charge in [-0.3, -0.25) is 9.78 Å². The summed E-state index contributed by atoms with van der Waals surface area (Å²) in [6.07, 6.45) is 0. The quantitative estimate of drug-likeness (QED) is 0.758. The molecule has 0 fully saturated rings. The minimum Gasteiger partial charge on any atom is -0.325 e. The first-order chi connectivity index (χ1) is 11.4. The topological polar surface area (TPSA) is 57.8 Å². The molecule has 122 valence electrons. The van der Waals surface area contributed by atoms with Crippen LogP contribution in [0.5, 0.6) is 0 Å². The van der Waals surface area contributed by atoms with Gasteiger partial charge in [0, 0.05) is 5.69 Å². The highest BCUT2D eigenvalue weighted by Gasteiger charge is 2.11. The summed E-state index contributed by atoms with van der Waals surface area (Å²) in [4.78, 5) is 19.7. The summed E-state index contributed by atoms with van der Waals surface area (Å²) in [5.41, 5.74) is 4.48. The average molecular weight is 323 g/mol. The van der Waals surface area contributed by atoms with E-state index < -0.39 is 0 Å². The van der Waals surface area contributed by atoms with Crippen molar-refractivity contribution >= 4 is 11.6 Å². The van der Waals surface area contributed by atoms with Crippen LogP contribution in [0.25, 0.3) is 11.1 Å². The van der Waals surface area contributed by atoms with Crippen LogP contribution in [0, 0.1) is 26.6 Å². The van der Waals surface area contributed by atoms with Crippen LogP contribution in [-0.2, 0) is 0 Å². The molecule has 4 nitrogen and oxygen atoms in total. The molecule has 2 aromatic carbocycles. The Balaban J connectivity index is 1.99. The van der Waals surface area contributed by atoms with Crippen molar-refractivity contribution < 1.29 is 4.39 Å². The van der Waals surface area contributed by atoms with Gasteiger partial charge in [-0.25, -0.2) is 9.37 Å². The molecular weight excluding hydrogens is 305 g/mol. The maximum absolute atomic E-state index is 13.1. The van der Waals surface area contributed by atoms with Gasteiger partial charge in [0.05, 0.1) is 11.3 Å². The number of H-pyrrole nitrogens is 1.